The van der Waals surface area contributed by atoms with Crippen LogP contribution in [0.2, 0.25) is 0 Å². The fraction of sp³-hybridized carbons (Fsp3) is 0.750. The van der Waals surface area contributed by atoms with E-state index in [4.69, 9.17) is 0 Å². The average molecular weight is 271 g/mol. The molecule has 1 aliphatic rings. The molecule has 0 bridgehead atoms. The molecule has 84 valence electrons. The zero-order chi connectivity index (χ0) is 11.0. The third-order valence-electron chi connectivity index (χ3n) is 3.70. The molecular weight excluding hydrogens is 252 g/mol. The summed E-state index contributed by atoms with van der Waals surface area (Å²) < 4.78 is 2.03. The van der Waals surface area contributed by atoms with Gasteiger partial charge in [-0.3, -0.25) is 4.68 Å². The van der Waals surface area contributed by atoms with Crippen molar-refractivity contribution in [2.75, 3.05) is 0 Å². The molecule has 0 amide bonds. The van der Waals surface area contributed by atoms with Crippen LogP contribution in [0, 0.1) is 18.8 Å². The Balaban J connectivity index is 2.06. The van der Waals surface area contributed by atoms with Crippen LogP contribution in [0.3, 0.4) is 0 Å². The van der Waals surface area contributed by atoms with Crippen LogP contribution in [0.25, 0.3) is 0 Å². The molecule has 0 radical (unpaired) electrons. The molecule has 2 nitrogen and oxygen atoms in total. The maximum absolute atomic E-state index is 4.40. The van der Waals surface area contributed by atoms with Crippen molar-refractivity contribution in [2.45, 2.75) is 37.9 Å². The van der Waals surface area contributed by atoms with E-state index in [1.807, 2.05) is 11.7 Å². The van der Waals surface area contributed by atoms with Gasteiger partial charge in [0.1, 0.15) is 0 Å². The minimum atomic E-state index is 0.719. The van der Waals surface area contributed by atoms with Gasteiger partial charge in [0.25, 0.3) is 0 Å². The molecule has 1 aromatic heterocycles. The first kappa shape index (κ1) is 11.2. The van der Waals surface area contributed by atoms with Gasteiger partial charge in [0.05, 0.1) is 5.69 Å². The van der Waals surface area contributed by atoms with Crippen molar-refractivity contribution in [3.05, 3.63) is 17.5 Å². The third-order valence-corrected chi connectivity index (χ3v) is 4.99. The molecule has 3 unspecified atom stereocenters. The van der Waals surface area contributed by atoms with Crippen molar-refractivity contribution >= 4 is 15.9 Å². The lowest BCUT2D eigenvalue weighted by molar-refractivity contribution is 0.413. The molecule has 1 saturated carbocycles. The summed E-state index contributed by atoms with van der Waals surface area (Å²) in [4.78, 5) is 0.719. The molecule has 3 heteroatoms. The number of hydrogen-bond donors (Lipinski definition) is 0. The molecule has 2 rings (SSSR count). The van der Waals surface area contributed by atoms with E-state index in [0.717, 1.165) is 22.4 Å². The summed E-state index contributed by atoms with van der Waals surface area (Å²) in [5.41, 5.74) is 2.51. The van der Waals surface area contributed by atoms with E-state index in [1.165, 1.54) is 25.0 Å². The van der Waals surface area contributed by atoms with Crippen LogP contribution in [-0.2, 0) is 13.5 Å². The number of halogens is 1. The van der Waals surface area contributed by atoms with Crippen molar-refractivity contribution in [3.63, 3.8) is 0 Å². The van der Waals surface area contributed by atoms with Crippen LogP contribution in [0.15, 0.2) is 6.07 Å². The van der Waals surface area contributed by atoms with Gasteiger partial charge in [0.15, 0.2) is 0 Å². The zero-order valence-corrected chi connectivity index (χ0v) is 11.3. The predicted molar refractivity (Wildman–Crippen MR) is 66.3 cm³/mol. The summed E-state index contributed by atoms with van der Waals surface area (Å²) in [6.45, 7) is 4.43. The lowest BCUT2D eigenvalue weighted by atomic mass is 9.93. The van der Waals surface area contributed by atoms with Crippen molar-refractivity contribution in [2.24, 2.45) is 18.9 Å². The third kappa shape index (κ3) is 2.27. The van der Waals surface area contributed by atoms with Gasteiger partial charge >= 0.3 is 0 Å². The van der Waals surface area contributed by atoms with Gasteiger partial charge in [-0.05, 0) is 44.1 Å². The van der Waals surface area contributed by atoms with Crippen molar-refractivity contribution in [1.29, 1.82) is 0 Å². The predicted octanol–water partition coefficient (Wildman–Crippen LogP) is 3.08. The van der Waals surface area contributed by atoms with Crippen LogP contribution in [0.5, 0.6) is 0 Å². The number of rotatable bonds is 2. The Bertz CT molecular complexity index is 345. The first-order valence-electron chi connectivity index (χ1n) is 5.71. The molecular formula is C12H19BrN2. The van der Waals surface area contributed by atoms with Crippen LogP contribution in [0.1, 0.15) is 31.2 Å². The Labute approximate surface area is 100 Å². The Morgan fingerprint density at radius 1 is 1.53 bits per heavy atom. The Morgan fingerprint density at radius 2 is 2.27 bits per heavy atom. The van der Waals surface area contributed by atoms with E-state index in [9.17, 15) is 0 Å². The highest BCUT2D eigenvalue weighted by Crippen LogP contribution is 2.38. The van der Waals surface area contributed by atoms with Gasteiger partial charge < -0.3 is 0 Å². The Hall–Kier alpha value is -0.310. The van der Waals surface area contributed by atoms with Gasteiger partial charge in [-0.1, -0.05) is 22.9 Å². The molecule has 15 heavy (non-hydrogen) atoms. The first-order valence-corrected chi connectivity index (χ1v) is 6.63. The van der Waals surface area contributed by atoms with Gasteiger partial charge in [-0.15, -0.1) is 0 Å². The van der Waals surface area contributed by atoms with E-state index in [2.05, 4.69) is 40.9 Å². The highest BCUT2D eigenvalue weighted by molar-refractivity contribution is 9.09. The summed E-state index contributed by atoms with van der Waals surface area (Å²) in [5, 5.41) is 4.40. The lowest BCUT2D eigenvalue weighted by Crippen LogP contribution is -2.14. The molecule has 0 spiro atoms. The standard InChI is InChI=1S/C12H19BrN2/c1-8-6-11(15(3)14-8)7-10-4-5-12(13)9(10)2/h6,9-10,12H,4-5,7H2,1-3H3. The number of alkyl halides is 1. The summed E-state index contributed by atoms with van der Waals surface area (Å²) in [6.07, 6.45) is 3.85. The van der Waals surface area contributed by atoms with E-state index in [0.29, 0.717) is 0 Å². The molecule has 3 atom stereocenters. The molecule has 0 aliphatic heterocycles. The fourth-order valence-electron chi connectivity index (χ4n) is 2.61. The Morgan fingerprint density at radius 3 is 2.73 bits per heavy atom. The van der Waals surface area contributed by atoms with Crippen molar-refractivity contribution < 1.29 is 0 Å². The van der Waals surface area contributed by atoms with Crippen LogP contribution in [-0.4, -0.2) is 14.6 Å². The molecule has 1 aromatic rings. The van der Waals surface area contributed by atoms with Gasteiger partial charge in [-0.2, -0.15) is 5.10 Å². The number of nitrogens with zero attached hydrogens (tertiary/aromatic N) is 2. The van der Waals surface area contributed by atoms with Gasteiger partial charge in [0.2, 0.25) is 0 Å². The second-order valence-electron chi connectivity index (χ2n) is 4.82. The molecule has 0 aromatic carbocycles. The maximum atomic E-state index is 4.40. The molecule has 1 fully saturated rings. The number of aryl methyl sites for hydroxylation is 2. The van der Waals surface area contributed by atoms with Gasteiger partial charge in [0, 0.05) is 17.6 Å². The second-order valence-corrected chi connectivity index (χ2v) is 5.99. The number of hydrogen-bond acceptors (Lipinski definition) is 1. The quantitative estimate of drug-likeness (QED) is 0.756. The SMILES string of the molecule is Cc1cc(CC2CCC(Br)C2C)n(C)n1. The highest BCUT2D eigenvalue weighted by Gasteiger charge is 2.31. The minimum Gasteiger partial charge on any atom is -0.272 e. The van der Waals surface area contributed by atoms with Gasteiger partial charge in [-0.25, -0.2) is 0 Å². The van der Waals surface area contributed by atoms with Crippen LogP contribution in [0.4, 0.5) is 0 Å². The highest BCUT2D eigenvalue weighted by atomic mass is 79.9. The zero-order valence-electron chi connectivity index (χ0n) is 9.70. The van der Waals surface area contributed by atoms with E-state index in [1.54, 1.807) is 0 Å². The molecule has 1 heterocycles. The summed E-state index contributed by atoms with van der Waals surface area (Å²) in [6, 6.07) is 2.22. The van der Waals surface area contributed by atoms with E-state index in [-0.39, 0.29) is 0 Å². The summed E-state index contributed by atoms with van der Waals surface area (Å²) in [7, 11) is 2.05. The summed E-state index contributed by atoms with van der Waals surface area (Å²) in [5.74, 6) is 1.62. The normalized spacial score (nSPS) is 31.1. The smallest absolute Gasteiger partial charge is 0.0596 e. The average Bonchev–Trinajstić information content (AvgIpc) is 2.64. The first-order chi connectivity index (χ1) is 7.08. The molecule has 1 aliphatic carbocycles. The lowest BCUT2D eigenvalue weighted by Gasteiger charge is -2.16. The maximum Gasteiger partial charge on any atom is 0.0596 e. The van der Waals surface area contributed by atoms with Crippen molar-refractivity contribution in [1.82, 2.24) is 9.78 Å². The second kappa shape index (κ2) is 4.28. The van der Waals surface area contributed by atoms with Crippen molar-refractivity contribution in [3.8, 4) is 0 Å². The fourth-order valence-corrected chi connectivity index (χ4v) is 3.30. The molecule has 0 saturated heterocycles. The summed E-state index contributed by atoms with van der Waals surface area (Å²) >= 11 is 3.76. The van der Waals surface area contributed by atoms with E-state index < -0.39 is 0 Å². The van der Waals surface area contributed by atoms with Crippen LogP contribution >= 0.6 is 15.9 Å². The Kier molecular flexibility index (Phi) is 3.19. The monoisotopic (exact) mass is 270 g/mol. The minimum absolute atomic E-state index is 0.719. The number of aromatic nitrogens is 2. The molecule has 0 N–H and O–H groups in total. The largest absolute Gasteiger partial charge is 0.272 e. The topological polar surface area (TPSA) is 17.8 Å². The van der Waals surface area contributed by atoms with E-state index >= 15 is 0 Å². The van der Waals surface area contributed by atoms with Crippen LogP contribution < -0.4 is 0 Å².